The number of carbonyl (C=O) groups is 2. The number of esters is 1. The lowest BCUT2D eigenvalue weighted by Crippen LogP contribution is -2.41. The molecule has 26 heavy (non-hydrogen) atoms. The van der Waals surface area contributed by atoms with Gasteiger partial charge in [0.25, 0.3) is 5.91 Å². The number of amides is 1. The van der Waals surface area contributed by atoms with Crippen LogP contribution in [0.5, 0.6) is 0 Å². The van der Waals surface area contributed by atoms with E-state index < -0.39 is 45.6 Å². The molecule has 1 aromatic rings. The first-order valence-electron chi connectivity index (χ1n) is 7.99. The Kier molecular flexibility index (Phi) is 6.30. The number of benzene rings is 1. The first kappa shape index (κ1) is 20.2. The van der Waals surface area contributed by atoms with Crippen LogP contribution >= 0.6 is 0 Å². The van der Waals surface area contributed by atoms with Gasteiger partial charge in [-0.3, -0.25) is 9.59 Å². The smallest absolute Gasteiger partial charge is 0.309 e. The van der Waals surface area contributed by atoms with Gasteiger partial charge in [-0.15, -0.1) is 0 Å². The quantitative estimate of drug-likeness (QED) is 0.770. The van der Waals surface area contributed by atoms with Gasteiger partial charge in [-0.25, -0.2) is 21.5 Å². The summed E-state index contributed by atoms with van der Waals surface area (Å²) in [6.07, 6.45) is 0.590. The number of sulfonamides is 1. The predicted octanol–water partition coefficient (Wildman–Crippen LogP) is 1.51. The van der Waals surface area contributed by atoms with Crippen molar-refractivity contribution in [3.05, 3.63) is 29.8 Å². The highest BCUT2D eigenvalue weighted by molar-refractivity contribution is 7.88. The van der Waals surface area contributed by atoms with Gasteiger partial charge in [0.1, 0.15) is 0 Å². The Balaban J connectivity index is 1.86. The first-order valence-corrected chi connectivity index (χ1v) is 9.84. The molecule has 1 fully saturated rings. The Labute approximate surface area is 150 Å². The summed E-state index contributed by atoms with van der Waals surface area (Å²) in [5.41, 5.74) is 0.0401. The van der Waals surface area contributed by atoms with E-state index in [0.29, 0.717) is 12.8 Å². The topological polar surface area (TPSA) is 92.8 Å². The van der Waals surface area contributed by atoms with Crippen molar-refractivity contribution in [3.8, 4) is 0 Å². The number of anilines is 1. The molecule has 7 nitrogen and oxygen atoms in total. The van der Waals surface area contributed by atoms with E-state index in [1.54, 1.807) is 0 Å². The van der Waals surface area contributed by atoms with Crippen molar-refractivity contribution < 1.29 is 31.5 Å². The number of ether oxygens (including phenoxy) is 1. The molecule has 1 aliphatic rings. The SMILES string of the molecule is C[C@@H](OC(=O)C1CCN(S(C)(=O)=O)CC1)C(=O)Nc1ccc(F)c(F)c1. The van der Waals surface area contributed by atoms with Crippen LogP contribution in [0, 0.1) is 17.6 Å². The van der Waals surface area contributed by atoms with Crippen molar-refractivity contribution in [1.82, 2.24) is 4.31 Å². The van der Waals surface area contributed by atoms with Crippen molar-refractivity contribution in [3.63, 3.8) is 0 Å². The molecule has 0 aliphatic carbocycles. The molecular weight excluding hydrogens is 370 g/mol. The van der Waals surface area contributed by atoms with Crippen LogP contribution in [-0.2, 0) is 24.3 Å². The van der Waals surface area contributed by atoms with E-state index in [2.05, 4.69) is 5.32 Å². The van der Waals surface area contributed by atoms with Gasteiger partial charge < -0.3 is 10.1 Å². The summed E-state index contributed by atoms with van der Waals surface area (Å²) in [5.74, 6) is -3.91. The zero-order chi connectivity index (χ0) is 19.5. The highest BCUT2D eigenvalue weighted by Crippen LogP contribution is 2.21. The average Bonchev–Trinajstić information content (AvgIpc) is 2.57. The standard InChI is InChI=1S/C16H20F2N2O5S/c1-10(15(21)19-12-3-4-13(17)14(18)9-12)25-16(22)11-5-7-20(8-6-11)26(2,23)24/h3-4,9-11H,5-8H2,1-2H3,(H,19,21)/t10-/m1/s1. The fraction of sp³-hybridized carbons (Fsp3) is 0.500. The molecule has 2 rings (SSSR count). The van der Waals surface area contributed by atoms with E-state index in [1.165, 1.54) is 17.3 Å². The minimum Gasteiger partial charge on any atom is -0.452 e. The summed E-state index contributed by atoms with van der Waals surface area (Å²) >= 11 is 0. The summed E-state index contributed by atoms with van der Waals surface area (Å²) in [4.78, 5) is 24.2. The number of rotatable bonds is 5. The van der Waals surface area contributed by atoms with Gasteiger partial charge in [-0.1, -0.05) is 0 Å². The molecule has 0 bridgehead atoms. The van der Waals surface area contributed by atoms with E-state index >= 15 is 0 Å². The zero-order valence-electron chi connectivity index (χ0n) is 14.4. The first-order chi connectivity index (χ1) is 12.1. The van der Waals surface area contributed by atoms with Gasteiger partial charge in [0, 0.05) is 24.8 Å². The summed E-state index contributed by atoms with van der Waals surface area (Å²) in [7, 11) is -3.29. The number of nitrogens with zero attached hydrogens (tertiary/aromatic N) is 1. The van der Waals surface area contributed by atoms with Crippen LogP contribution in [0.2, 0.25) is 0 Å². The minimum atomic E-state index is -3.29. The lowest BCUT2D eigenvalue weighted by Gasteiger charge is -2.29. The Morgan fingerprint density at radius 1 is 1.23 bits per heavy atom. The normalized spacial score (nSPS) is 17.5. The van der Waals surface area contributed by atoms with Gasteiger partial charge in [0.2, 0.25) is 10.0 Å². The Morgan fingerprint density at radius 3 is 2.38 bits per heavy atom. The lowest BCUT2D eigenvalue weighted by molar-refractivity contribution is -0.158. The average molecular weight is 390 g/mol. The van der Waals surface area contributed by atoms with Crippen LogP contribution in [0.25, 0.3) is 0 Å². The maximum absolute atomic E-state index is 13.1. The molecule has 144 valence electrons. The minimum absolute atomic E-state index is 0.0401. The molecule has 0 unspecified atom stereocenters. The monoisotopic (exact) mass is 390 g/mol. The molecule has 0 radical (unpaired) electrons. The Morgan fingerprint density at radius 2 is 1.85 bits per heavy atom. The lowest BCUT2D eigenvalue weighted by atomic mass is 9.98. The van der Waals surface area contributed by atoms with E-state index in [0.717, 1.165) is 18.4 Å². The number of piperidine rings is 1. The van der Waals surface area contributed by atoms with Crippen LogP contribution in [0.4, 0.5) is 14.5 Å². The highest BCUT2D eigenvalue weighted by atomic mass is 32.2. The molecule has 0 spiro atoms. The summed E-state index contributed by atoms with van der Waals surface area (Å²) in [6, 6.07) is 2.88. The molecule has 1 N–H and O–H groups in total. The number of halogens is 2. The van der Waals surface area contributed by atoms with Crippen molar-refractivity contribution in [2.75, 3.05) is 24.7 Å². The third-order valence-corrected chi connectivity index (χ3v) is 5.41. The molecule has 1 aliphatic heterocycles. The van der Waals surface area contributed by atoms with Crippen LogP contribution in [0.1, 0.15) is 19.8 Å². The van der Waals surface area contributed by atoms with E-state index in [9.17, 15) is 26.8 Å². The van der Waals surface area contributed by atoms with Crippen LogP contribution in [0.15, 0.2) is 18.2 Å². The second-order valence-corrected chi connectivity index (χ2v) is 8.12. The molecular formula is C16H20F2N2O5S. The molecule has 0 saturated carbocycles. The molecule has 10 heteroatoms. The van der Waals surface area contributed by atoms with Gasteiger partial charge in [0.15, 0.2) is 17.7 Å². The number of carbonyl (C=O) groups excluding carboxylic acids is 2. The fourth-order valence-corrected chi connectivity index (χ4v) is 3.44. The maximum Gasteiger partial charge on any atom is 0.309 e. The fourth-order valence-electron chi connectivity index (χ4n) is 2.56. The van der Waals surface area contributed by atoms with Crippen LogP contribution in [-0.4, -0.2) is 50.0 Å². The Hall–Kier alpha value is -2.07. The van der Waals surface area contributed by atoms with Gasteiger partial charge >= 0.3 is 5.97 Å². The molecule has 1 aromatic carbocycles. The third kappa shape index (κ3) is 5.21. The summed E-state index contributed by atoms with van der Waals surface area (Å²) in [5, 5.41) is 2.33. The number of nitrogens with one attached hydrogen (secondary N) is 1. The van der Waals surface area contributed by atoms with E-state index in [1.807, 2.05) is 0 Å². The second kappa shape index (κ2) is 8.09. The zero-order valence-corrected chi connectivity index (χ0v) is 15.2. The maximum atomic E-state index is 13.1. The Bertz CT molecular complexity index is 792. The molecule has 1 heterocycles. The van der Waals surface area contributed by atoms with Crippen molar-refractivity contribution in [1.29, 1.82) is 0 Å². The van der Waals surface area contributed by atoms with Gasteiger partial charge in [0.05, 0.1) is 12.2 Å². The highest BCUT2D eigenvalue weighted by Gasteiger charge is 2.31. The van der Waals surface area contributed by atoms with E-state index in [-0.39, 0.29) is 18.8 Å². The van der Waals surface area contributed by atoms with Gasteiger partial charge in [-0.05, 0) is 31.9 Å². The second-order valence-electron chi connectivity index (χ2n) is 6.13. The molecule has 1 saturated heterocycles. The molecule has 1 atom stereocenters. The van der Waals surface area contributed by atoms with Gasteiger partial charge in [-0.2, -0.15) is 0 Å². The van der Waals surface area contributed by atoms with Crippen molar-refractivity contribution in [2.24, 2.45) is 5.92 Å². The molecule has 0 aromatic heterocycles. The molecule has 1 amide bonds. The number of hydrogen-bond acceptors (Lipinski definition) is 5. The van der Waals surface area contributed by atoms with Crippen LogP contribution < -0.4 is 5.32 Å². The van der Waals surface area contributed by atoms with Crippen LogP contribution in [0.3, 0.4) is 0 Å². The third-order valence-electron chi connectivity index (χ3n) is 4.11. The largest absolute Gasteiger partial charge is 0.452 e. The summed E-state index contributed by atoms with van der Waals surface area (Å²) in [6.45, 7) is 1.79. The van der Waals surface area contributed by atoms with Crippen molar-refractivity contribution in [2.45, 2.75) is 25.9 Å². The van der Waals surface area contributed by atoms with Crippen molar-refractivity contribution >= 4 is 27.6 Å². The van der Waals surface area contributed by atoms with E-state index in [4.69, 9.17) is 4.74 Å². The predicted molar refractivity (Wildman–Crippen MR) is 89.7 cm³/mol. The number of hydrogen-bond donors (Lipinski definition) is 1. The summed E-state index contributed by atoms with van der Waals surface area (Å²) < 4.78 is 55.3.